The van der Waals surface area contributed by atoms with Crippen LogP contribution < -0.4 is 14.4 Å². The SMILES string of the molecule is COc1ccc([C@H]2C[C@@H](c3ccccc3OC)n3ncnc3N2C(C)=O)cc1. The largest absolute Gasteiger partial charge is 0.497 e. The Morgan fingerprint density at radius 2 is 1.79 bits per heavy atom. The van der Waals surface area contributed by atoms with Gasteiger partial charge in [0.25, 0.3) is 0 Å². The molecular formula is C21H22N4O3. The third-order valence-corrected chi connectivity index (χ3v) is 5.16. The molecule has 144 valence electrons. The van der Waals surface area contributed by atoms with Crippen molar-refractivity contribution in [2.24, 2.45) is 0 Å². The van der Waals surface area contributed by atoms with Gasteiger partial charge in [-0.3, -0.25) is 9.69 Å². The second kappa shape index (κ2) is 7.34. The number of carbonyl (C=O) groups is 1. The van der Waals surface area contributed by atoms with Gasteiger partial charge in [0.2, 0.25) is 11.9 Å². The van der Waals surface area contributed by atoms with Gasteiger partial charge in [-0.25, -0.2) is 4.68 Å². The molecule has 2 heterocycles. The first-order valence-corrected chi connectivity index (χ1v) is 9.10. The van der Waals surface area contributed by atoms with Crippen molar-refractivity contribution in [3.05, 3.63) is 66.0 Å². The van der Waals surface area contributed by atoms with E-state index in [9.17, 15) is 4.79 Å². The Morgan fingerprint density at radius 1 is 1.04 bits per heavy atom. The van der Waals surface area contributed by atoms with Gasteiger partial charge in [-0.15, -0.1) is 0 Å². The summed E-state index contributed by atoms with van der Waals surface area (Å²) >= 11 is 0. The van der Waals surface area contributed by atoms with Gasteiger partial charge in [0.05, 0.1) is 26.3 Å². The fraction of sp³-hybridized carbons (Fsp3) is 0.286. The summed E-state index contributed by atoms with van der Waals surface area (Å²) in [6.45, 7) is 1.55. The summed E-state index contributed by atoms with van der Waals surface area (Å²) in [5.74, 6) is 2.03. The van der Waals surface area contributed by atoms with Crippen LogP contribution in [0.5, 0.6) is 11.5 Å². The highest BCUT2D eigenvalue weighted by atomic mass is 16.5. The van der Waals surface area contributed by atoms with Crippen molar-refractivity contribution < 1.29 is 14.3 Å². The highest BCUT2D eigenvalue weighted by Crippen LogP contribution is 2.44. The Labute approximate surface area is 163 Å². The predicted molar refractivity (Wildman–Crippen MR) is 105 cm³/mol. The minimum absolute atomic E-state index is 0.0754. The van der Waals surface area contributed by atoms with Crippen LogP contribution in [0.1, 0.15) is 36.6 Å². The summed E-state index contributed by atoms with van der Waals surface area (Å²) in [5.41, 5.74) is 2.03. The molecule has 2 aromatic carbocycles. The van der Waals surface area contributed by atoms with Crippen LogP contribution in [0.25, 0.3) is 0 Å². The summed E-state index contributed by atoms with van der Waals surface area (Å²) in [7, 11) is 3.30. The third-order valence-electron chi connectivity index (χ3n) is 5.16. The zero-order valence-electron chi connectivity index (χ0n) is 16.1. The van der Waals surface area contributed by atoms with Gasteiger partial charge in [0.1, 0.15) is 17.8 Å². The van der Waals surface area contributed by atoms with Crippen LogP contribution in [0, 0.1) is 0 Å². The van der Waals surface area contributed by atoms with E-state index in [4.69, 9.17) is 9.47 Å². The lowest BCUT2D eigenvalue weighted by Crippen LogP contribution is -2.41. The lowest BCUT2D eigenvalue weighted by Gasteiger charge is -2.38. The number of amides is 1. The van der Waals surface area contributed by atoms with Crippen molar-refractivity contribution in [3.8, 4) is 11.5 Å². The van der Waals surface area contributed by atoms with Gasteiger partial charge in [0, 0.05) is 12.5 Å². The maximum Gasteiger partial charge on any atom is 0.231 e. The zero-order chi connectivity index (χ0) is 19.7. The van der Waals surface area contributed by atoms with Crippen LogP contribution in [0.15, 0.2) is 54.9 Å². The molecule has 1 aromatic heterocycles. The molecule has 0 N–H and O–H groups in total. The first-order chi connectivity index (χ1) is 13.6. The molecule has 1 aliphatic rings. The topological polar surface area (TPSA) is 69.5 Å². The minimum atomic E-state index is -0.171. The molecule has 0 fully saturated rings. The number of carbonyl (C=O) groups excluding carboxylic acids is 1. The van der Waals surface area contributed by atoms with Gasteiger partial charge in [-0.05, 0) is 30.2 Å². The average molecular weight is 378 g/mol. The Balaban J connectivity index is 1.83. The van der Waals surface area contributed by atoms with Crippen molar-refractivity contribution in [1.82, 2.24) is 14.8 Å². The number of rotatable bonds is 4. The normalized spacial score (nSPS) is 18.5. The third kappa shape index (κ3) is 2.98. The smallest absolute Gasteiger partial charge is 0.231 e. The summed E-state index contributed by atoms with van der Waals surface area (Å²) in [5, 5.41) is 4.41. The first-order valence-electron chi connectivity index (χ1n) is 9.10. The van der Waals surface area contributed by atoms with Crippen LogP contribution in [0.2, 0.25) is 0 Å². The zero-order valence-corrected chi connectivity index (χ0v) is 16.1. The Hall–Kier alpha value is -3.35. The molecule has 0 saturated carbocycles. The molecule has 0 unspecified atom stereocenters. The highest BCUT2D eigenvalue weighted by molar-refractivity contribution is 5.91. The van der Waals surface area contributed by atoms with Crippen molar-refractivity contribution in [3.63, 3.8) is 0 Å². The lowest BCUT2D eigenvalue weighted by molar-refractivity contribution is -0.117. The number of anilines is 1. The van der Waals surface area contributed by atoms with E-state index < -0.39 is 0 Å². The Morgan fingerprint density at radius 3 is 2.46 bits per heavy atom. The number of benzene rings is 2. The number of fused-ring (bicyclic) bond motifs is 1. The quantitative estimate of drug-likeness (QED) is 0.696. The minimum Gasteiger partial charge on any atom is -0.497 e. The molecule has 0 aliphatic carbocycles. The fourth-order valence-electron chi connectivity index (χ4n) is 3.86. The second-order valence-corrected chi connectivity index (χ2v) is 6.68. The first kappa shape index (κ1) is 18.0. The number of ether oxygens (including phenoxy) is 2. The van der Waals surface area contributed by atoms with Gasteiger partial charge >= 0.3 is 0 Å². The Bertz CT molecular complexity index is 983. The summed E-state index contributed by atoms with van der Waals surface area (Å²) in [6.07, 6.45) is 2.15. The van der Waals surface area contributed by atoms with Gasteiger partial charge in [-0.1, -0.05) is 30.3 Å². The summed E-state index contributed by atoms with van der Waals surface area (Å²) in [4.78, 5) is 18.6. The highest BCUT2D eigenvalue weighted by Gasteiger charge is 2.38. The van der Waals surface area contributed by atoms with Gasteiger partial charge in [0.15, 0.2) is 0 Å². The molecule has 7 heteroatoms. The van der Waals surface area contributed by atoms with E-state index in [2.05, 4.69) is 10.1 Å². The molecule has 1 aliphatic heterocycles. The molecule has 0 spiro atoms. The maximum atomic E-state index is 12.5. The van der Waals surface area contributed by atoms with Crippen LogP contribution in [-0.2, 0) is 4.79 Å². The van der Waals surface area contributed by atoms with E-state index in [0.29, 0.717) is 12.4 Å². The summed E-state index contributed by atoms with van der Waals surface area (Å²) < 4.78 is 12.7. The van der Waals surface area contributed by atoms with E-state index in [1.54, 1.807) is 30.7 Å². The molecule has 7 nitrogen and oxygen atoms in total. The molecule has 3 aromatic rings. The molecule has 4 rings (SSSR count). The molecule has 0 radical (unpaired) electrons. The van der Waals surface area contributed by atoms with Crippen molar-refractivity contribution in [1.29, 1.82) is 0 Å². The van der Waals surface area contributed by atoms with Crippen LogP contribution in [-0.4, -0.2) is 34.9 Å². The van der Waals surface area contributed by atoms with Crippen molar-refractivity contribution in [2.75, 3.05) is 19.1 Å². The van der Waals surface area contributed by atoms with Crippen molar-refractivity contribution in [2.45, 2.75) is 25.4 Å². The average Bonchev–Trinajstić information content (AvgIpc) is 3.22. The number of nitrogens with zero attached hydrogens (tertiary/aromatic N) is 4. The predicted octanol–water partition coefficient (Wildman–Crippen LogP) is 3.38. The second-order valence-electron chi connectivity index (χ2n) is 6.68. The molecule has 1 amide bonds. The molecule has 28 heavy (non-hydrogen) atoms. The van der Waals surface area contributed by atoms with Gasteiger partial charge in [-0.2, -0.15) is 10.1 Å². The Kier molecular flexibility index (Phi) is 4.73. The van der Waals surface area contributed by atoms with E-state index >= 15 is 0 Å². The summed E-state index contributed by atoms with van der Waals surface area (Å²) in [6, 6.07) is 15.4. The molecular weight excluding hydrogens is 356 g/mol. The fourth-order valence-corrected chi connectivity index (χ4v) is 3.86. The van der Waals surface area contributed by atoms with E-state index in [1.807, 2.05) is 48.5 Å². The number of aromatic nitrogens is 3. The molecule has 2 atom stereocenters. The van der Waals surface area contributed by atoms with Crippen LogP contribution in [0.4, 0.5) is 5.95 Å². The van der Waals surface area contributed by atoms with Crippen molar-refractivity contribution >= 4 is 11.9 Å². The lowest BCUT2D eigenvalue weighted by atomic mass is 9.91. The monoisotopic (exact) mass is 378 g/mol. The number of para-hydroxylation sites is 1. The van der Waals surface area contributed by atoms with Crippen LogP contribution >= 0.6 is 0 Å². The standard InChI is InChI=1S/C21H22N4O3/c1-14(26)24-18(15-8-10-16(27-2)11-9-15)12-19(25-21(24)22-13-23-25)17-6-4-5-7-20(17)28-3/h4-11,13,18-19H,12H2,1-3H3/t18-,19+/m1/s1. The maximum absolute atomic E-state index is 12.5. The number of methoxy groups -OCH3 is 2. The number of hydrogen-bond donors (Lipinski definition) is 0. The van der Waals surface area contributed by atoms with Gasteiger partial charge < -0.3 is 9.47 Å². The van der Waals surface area contributed by atoms with E-state index in [1.165, 1.54) is 6.33 Å². The van der Waals surface area contributed by atoms with E-state index in [0.717, 1.165) is 22.6 Å². The van der Waals surface area contributed by atoms with E-state index in [-0.39, 0.29) is 18.0 Å². The number of hydrogen-bond acceptors (Lipinski definition) is 5. The van der Waals surface area contributed by atoms with Crippen LogP contribution in [0.3, 0.4) is 0 Å². The molecule has 0 saturated heterocycles. The molecule has 0 bridgehead atoms.